The molecule has 2 atom stereocenters. The van der Waals surface area contributed by atoms with Gasteiger partial charge in [0.1, 0.15) is 0 Å². The Morgan fingerprint density at radius 1 is 1.11 bits per heavy atom. The fourth-order valence-corrected chi connectivity index (χ4v) is 2.07. The van der Waals surface area contributed by atoms with E-state index >= 15 is 0 Å². The Hall–Kier alpha value is 0.134. The van der Waals surface area contributed by atoms with Crippen molar-refractivity contribution in [1.29, 1.82) is 0 Å². The van der Waals surface area contributed by atoms with Crippen LogP contribution in [0.3, 0.4) is 0 Å². The molecule has 2 N–H and O–H groups in total. The van der Waals surface area contributed by atoms with Crippen LogP contribution in [0.4, 0.5) is 0 Å². The van der Waals surface area contributed by atoms with Gasteiger partial charge in [-0.1, -0.05) is 6.92 Å². The maximum Gasteiger partial charge on any atom is 2.00 e. The molecular weight excluding hydrogens is 282 g/mol. The van der Waals surface area contributed by atoms with Crippen LogP contribution in [-0.4, -0.2) is 34.7 Å². The molecule has 0 aliphatic heterocycles. The van der Waals surface area contributed by atoms with Gasteiger partial charge in [-0.05, 0) is 24.6 Å². The Bertz CT molecular complexity index is 236. The van der Waals surface area contributed by atoms with Crippen LogP contribution in [0.25, 0.3) is 0 Å². The molecule has 0 aliphatic carbocycles. The average molecular weight is 307 g/mol. The fourth-order valence-electron chi connectivity index (χ4n) is 1.06. The van der Waals surface area contributed by atoms with E-state index in [4.69, 9.17) is 10.2 Å². The van der Waals surface area contributed by atoms with Gasteiger partial charge < -0.3 is 24.6 Å². The van der Waals surface area contributed by atoms with Crippen LogP contribution < -0.4 is 0 Å². The summed E-state index contributed by atoms with van der Waals surface area (Å²) in [6.45, 7) is 8.26. The van der Waals surface area contributed by atoms with Crippen LogP contribution in [0, 0.1) is 14.4 Å². The van der Waals surface area contributed by atoms with Crippen molar-refractivity contribution in [2.24, 2.45) is 0 Å². The number of hydrogen-bond acceptors (Lipinski definition) is 4. The summed E-state index contributed by atoms with van der Waals surface area (Å²) in [6, 6.07) is 4.11. The van der Waals surface area contributed by atoms with Crippen LogP contribution in [0.1, 0.15) is 24.7 Å². The van der Waals surface area contributed by atoms with Crippen LogP contribution in [-0.2, 0) is 21.7 Å². The smallest absolute Gasteiger partial charge is 0.400 e. The number of rotatable bonds is 3. The molecule has 18 heavy (non-hydrogen) atoms. The molecule has 0 amide bonds. The van der Waals surface area contributed by atoms with Gasteiger partial charge in [-0.2, -0.15) is 11.8 Å². The third-order valence-corrected chi connectivity index (χ3v) is 2.76. The molecule has 0 aromatic carbocycles. The third kappa shape index (κ3) is 14.2. The molecule has 5 heteroatoms. The molecule has 1 heterocycles. The maximum atomic E-state index is 7.00. The molecule has 1 aromatic heterocycles. The molecular formula is C13H25NO2STi. The van der Waals surface area contributed by atoms with E-state index in [1.54, 1.807) is 0 Å². The maximum absolute atomic E-state index is 7.00. The van der Waals surface area contributed by atoms with Gasteiger partial charge in [0.25, 0.3) is 0 Å². The normalized spacial score (nSPS) is 11.1. The zero-order valence-corrected chi connectivity index (χ0v) is 14.3. The van der Waals surface area contributed by atoms with Gasteiger partial charge in [-0.3, -0.25) is 4.98 Å². The summed E-state index contributed by atoms with van der Waals surface area (Å²) in [6.07, 6.45) is 3.67. The standard InChI is InChI=1S/C10H14NS.2CH4O.CH3.Ti/c1-8(2)12-9(3)10-4-6-11-7-5-10;2*1-2;;/h4-9H,1H2,2-3H3;2*2H,1H3;1H3;/q-1;;;-1;+2. The van der Waals surface area contributed by atoms with Crippen LogP contribution in [0.2, 0.25) is 0 Å². The van der Waals surface area contributed by atoms with Crippen LogP contribution in [0.15, 0.2) is 24.5 Å². The van der Waals surface area contributed by atoms with E-state index in [0.29, 0.717) is 10.5 Å². The van der Waals surface area contributed by atoms with Crippen molar-refractivity contribution in [2.75, 3.05) is 14.2 Å². The molecule has 2 unspecified atom stereocenters. The molecule has 1 rings (SSSR count). The minimum Gasteiger partial charge on any atom is -0.400 e. The Morgan fingerprint density at radius 3 is 1.83 bits per heavy atom. The van der Waals surface area contributed by atoms with Gasteiger partial charge in [0.05, 0.1) is 0 Å². The zero-order chi connectivity index (χ0) is 13.0. The SMILES string of the molecule is CO.CO.[CH2-]C(C)SC(C)c1ccncc1.[CH3-].[Ti+2]. The second kappa shape index (κ2) is 19.5. The second-order valence-corrected chi connectivity index (χ2v) is 4.65. The molecule has 3 nitrogen and oxygen atoms in total. The molecule has 1 aromatic rings. The largest absolute Gasteiger partial charge is 2.00 e. The fraction of sp³-hybridized carbons (Fsp3) is 0.462. The van der Waals surface area contributed by atoms with E-state index in [1.807, 2.05) is 24.2 Å². The minimum absolute atomic E-state index is 0. The Morgan fingerprint density at radius 2 is 1.50 bits per heavy atom. The molecule has 0 saturated carbocycles. The van der Waals surface area contributed by atoms with E-state index in [2.05, 4.69) is 37.9 Å². The van der Waals surface area contributed by atoms with Crippen molar-refractivity contribution in [3.05, 3.63) is 44.4 Å². The Labute approximate surface area is 131 Å². The minimum atomic E-state index is 0. The van der Waals surface area contributed by atoms with Crippen molar-refractivity contribution < 1.29 is 31.9 Å². The first-order chi connectivity index (χ1) is 7.70. The predicted octanol–water partition coefficient (Wildman–Crippen LogP) is 2.76. The summed E-state index contributed by atoms with van der Waals surface area (Å²) in [5.74, 6) is 0. The Kier molecular flexibility index (Phi) is 28.8. The average Bonchev–Trinajstić information content (AvgIpc) is 2.34. The molecule has 0 aliphatic rings. The first-order valence-corrected chi connectivity index (χ1v) is 5.92. The second-order valence-electron chi connectivity index (χ2n) is 2.87. The zero-order valence-electron chi connectivity index (χ0n) is 11.9. The monoisotopic (exact) mass is 307 g/mol. The van der Waals surface area contributed by atoms with Crippen molar-refractivity contribution in [2.45, 2.75) is 24.3 Å². The number of nitrogens with zero attached hydrogens (tertiary/aromatic N) is 1. The first-order valence-electron chi connectivity index (χ1n) is 4.98. The van der Waals surface area contributed by atoms with Gasteiger partial charge >= 0.3 is 21.7 Å². The van der Waals surface area contributed by atoms with E-state index in [-0.39, 0.29) is 29.1 Å². The van der Waals surface area contributed by atoms with Crippen molar-refractivity contribution in [3.8, 4) is 0 Å². The van der Waals surface area contributed by atoms with Crippen molar-refractivity contribution in [3.63, 3.8) is 0 Å². The van der Waals surface area contributed by atoms with Crippen LogP contribution >= 0.6 is 11.8 Å². The van der Waals surface area contributed by atoms with Crippen molar-refractivity contribution in [1.82, 2.24) is 4.98 Å². The van der Waals surface area contributed by atoms with Crippen LogP contribution in [0.5, 0.6) is 0 Å². The number of aromatic nitrogens is 1. The van der Waals surface area contributed by atoms with Gasteiger partial charge in [0, 0.05) is 31.9 Å². The summed E-state index contributed by atoms with van der Waals surface area (Å²) in [4.78, 5) is 3.98. The first kappa shape index (κ1) is 26.6. The number of aliphatic hydroxyl groups is 2. The topological polar surface area (TPSA) is 53.4 Å². The summed E-state index contributed by atoms with van der Waals surface area (Å²) < 4.78 is 0. The molecule has 0 saturated heterocycles. The predicted molar refractivity (Wildman–Crippen MR) is 77.8 cm³/mol. The van der Waals surface area contributed by atoms with E-state index in [0.717, 1.165) is 14.2 Å². The number of hydrogen-bond donors (Lipinski definition) is 2. The number of thioether (sulfide) groups is 1. The molecule has 0 fully saturated rings. The van der Waals surface area contributed by atoms with E-state index < -0.39 is 0 Å². The van der Waals surface area contributed by atoms with E-state index in [9.17, 15) is 0 Å². The van der Waals surface area contributed by atoms with Gasteiger partial charge in [-0.15, -0.1) is 5.25 Å². The molecule has 104 valence electrons. The van der Waals surface area contributed by atoms with Gasteiger partial charge in [0.15, 0.2) is 0 Å². The Balaban J connectivity index is -0.000000149. The number of aliphatic hydroxyl groups excluding tert-OH is 2. The quantitative estimate of drug-likeness (QED) is 0.666. The molecule has 0 radical (unpaired) electrons. The van der Waals surface area contributed by atoms with Gasteiger partial charge in [-0.25, -0.2) is 0 Å². The summed E-state index contributed by atoms with van der Waals surface area (Å²) >= 11 is 1.87. The summed E-state index contributed by atoms with van der Waals surface area (Å²) in [7, 11) is 2.00. The number of pyridine rings is 1. The van der Waals surface area contributed by atoms with Gasteiger partial charge in [0.2, 0.25) is 0 Å². The van der Waals surface area contributed by atoms with Crippen molar-refractivity contribution >= 4 is 11.8 Å². The van der Waals surface area contributed by atoms with E-state index in [1.165, 1.54) is 5.56 Å². The summed E-state index contributed by atoms with van der Waals surface area (Å²) in [5.41, 5.74) is 1.32. The molecule has 0 spiro atoms. The summed E-state index contributed by atoms with van der Waals surface area (Å²) in [5, 5.41) is 15.0. The molecule has 0 bridgehead atoms. The third-order valence-electron chi connectivity index (χ3n) is 1.61.